The standard InChI is InChI=1S/C92H118F3N17O20S/c1-9-10-21-71-91(130)111-33-16-22-70(111)85(124)105-67(44-77(117)118)84(123)107-79(51(4)5)92(131)109(7)72(41-52-17-12-11-13-18-52)86(125)101-63(31-32-96)89(128)112-34-35-132-47-74(112)87(126)104-66(43-56-45-98-62-20-15-14-19-59(56)62)83(122)103-65(39-53-23-27-57(113)28-24-53)82(121)102-64(36-50(2)3)81(120)106-69(80(119)99-46-75(97)115)48-133-49-76(116)100-68(40-55-37-60(93)78(95)61(94)38-55)88(127)110(8)73(90(129)108(71)6)42-54-25-29-58(114)30-26-54/h11-15,17-20,23-30,37-38,45,50-51,63-74,79,98,113-114H,9-10,16,21-22,31-36,39-44,46-49,96H2,1-8H3,(H2,97,115)(H,99,119)(H,100,116)(H,101,125)(H,102,121)(H,103,122)(H,104,126)(H,105,124)(H,106,120)(H,107,123)(H,117,118)/t63-,64-,65-,66-,67-,68-,69-,70+,71-,72-,73-,74+,79-/m0/s1. The maximum Gasteiger partial charge on any atom is 0.305 e. The molecule has 41 heteroatoms. The molecular formula is C92H118F3N17O20S. The van der Waals surface area contributed by atoms with Crippen LogP contribution in [0.1, 0.15) is 114 Å². The van der Waals surface area contributed by atoms with Gasteiger partial charge in [0.15, 0.2) is 17.5 Å². The van der Waals surface area contributed by atoms with Crippen molar-refractivity contribution in [2.45, 2.75) is 197 Å². The minimum atomic E-state index is -1.95. The van der Waals surface area contributed by atoms with E-state index < -0.39 is 246 Å². The topological polar surface area (TPSA) is 535 Å². The number of primary amides is 1. The molecule has 3 saturated heterocycles. The van der Waals surface area contributed by atoms with Crippen molar-refractivity contribution in [3.63, 3.8) is 0 Å². The number of unbranched alkanes of at least 4 members (excludes halogenated alkanes) is 1. The predicted molar refractivity (Wildman–Crippen MR) is 481 cm³/mol. The van der Waals surface area contributed by atoms with E-state index in [4.69, 9.17) is 16.2 Å². The van der Waals surface area contributed by atoms with E-state index in [9.17, 15) is 48.5 Å². The number of carboxylic acid groups (broad SMARTS) is 1. The molecule has 15 amide bonds. The fraction of sp³-hybridized carbons (Fsp3) is 0.478. The number of nitrogens with zero attached hydrogens (tertiary/aromatic N) is 5. The summed E-state index contributed by atoms with van der Waals surface area (Å²) in [6, 6.07) is 6.24. The molecule has 3 aliphatic heterocycles. The molecular weight excluding hydrogens is 1750 g/mol. The summed E-state index contributed by atoms with van der Waals surface area (Å²) in [6.45, 7) is 6.26. The first-order chi connectivity index (χ1) is 63.2. The van der Waals surface area contributed by atoms with Crippen molar-refractivity contribution in [1.82, 2.24) is 77.3 Å². The Hall–Kier alpha value is -13.2. The van der Waals surface area contributed by atoms with Gasteiger partial charge in [-0.25, -0.2) is 13.2 Å². The number of aromatic amines is 1. The molecule has 17 N–H and O–H groups in total. The number of ether oxygens (including phenoxy) is 1. The highest BCUT2D eigenvalue weighted by Crippen LogP contribution is 2.28. The van der Waals surface area contributed by atoms with Crippen LogP contribution in [0.3, 0.4) is 0 Å². The molecule has 3 aliphatic rings. The molecule has 0 spiro atoms. The number of H-pyrrole nitrogens is 1. The number of aliphatic carboxylic acids is 1. The minimum Gasteiger partial charge on any atom is -0.508 e. The van der Waals surface area contributed by atoms with Crippen LogP contribution >= 0.6 is 11.8 Å². The van der Waals surface area contributed by atoms with Gasteiger partial charge in [0.2, 0.25) is 88.6 Å². The number of nitrogens with one attached hydrogen (secondary N) is 10. The van der Waals surface area contributed by atoms with Crippen LogP contribution in [-0.4, -0.2) is 290 Å². The van der Waals surface area contributed by atoms with Crippen molar-refractivity contribution in [3.8, 4) is 11.5 Å². The maximum absolute atomic E-state index is 15.7. The van der Waals surface area contributed by atoms with Gasteiger partial charge < -0.3 is 109 Å². The second-order valence-electron chi connectivity index (χ2n) is 34.1. The number of aromatic nitrogens is 1. The van der Waals surface area contributed by atoms with E-state index >= 15 is 56.7 Å². The van der Waals surface area contributed by atoms with Crippen LogP contribution < -0.4 is 59.3 Å². The summed E-state index contributed by atoms with van der Waals surface area (Å²) in [7, 11) is 3.68. The molecule has 37 nitrogen and oxygen atoms in total. The summed E-state index contributed by atoms with van der Waals surface area (Å²) in [5.41, 5.74) is 13.5. The van der Waals surface area contributed by atoms with E-state index in [1.165, 1.54) is 62.6 Å². The Morgan fingerprint density at radius 1 is 0.549 bits per heavy atom. The highest BCUT2D eigenvalue weighted by molar-refractivity contribution is 8.00. The van der Waals surface area contributed by atoms with Crippen LogP contribution in [0, 0.1) is 29.3 Å². The van der Waals surface area contributed by atoms with Crippen molar-refractivity contribution in [2.24, 2.45) is 23.3 Å². The lowest BCUT2D eigenvalue weighted by Gasteiger charge is -2.38. The molecule has 9 rings (SSSR count). The molecule has 4 heterocycles. The smallest absolute Gasteiger partial charge is 0.305 e. The summed E-state index contributed by atoms with van der Waals surface area (Å²) in [5.74, 6) is -24.6. The van der Waals surface area contributed by atoms with Crippen LogP contribution in [0.25, 0.3) is 10.9 Å². The highest BCUT2D eigenvalue weighted by Gasteiger charge is 2.46. The number of halogens is 3. The Morgan fingerprint density at radius 2 is 1.09 bits per heavy atom. The lowest BCUT2D eigenvalue weighted by atomic mass is 9.98. The van der Waals surface area contributed by atoms with Crippen LogP contribution in [0.4, 0.5) is 13.2 Å². The molecule has 0 radical (unpaired) electrons. The van der Waals surface area contributed by atoms with Gasteiger partial charge in [-0.2, -0.15) is 0 Å². The normalized spacial score (nSPS) is 23.7. The highest BCUT2D eigenvalue weighted by atomic mass is 32.2. The summed E-state index contributed by atoms with van der Waals surface area (Å²) in [6.07, 6.45) is -1.25. The number of carbonyl (C=O) groups excluding carboxylic acids is 15. The molecule has 0 saturated carbocycles. The third-order valence-corrected chi connectivity index (χ3v) is 24.5. The number of amides is 15. The van der Waals surface area contributed by atoms with Crippen LogP contribution in [0.2, 0.25) is 0 Å². The number of phenolic OH excluding ortho intramolecular Hbond substituents is 2. The van der Waals surface area contributed by atoms with Gasteiger partial charge in [0.25, 0.3) is 0 Å². The van der Waals surface area contributed by atoms with Gasteiger partial charge in [0, 0.05) is 89.2 Å². The molecule has 0 unspecified atom stereocenters. The van der Waals surface area contributed by atoms with E-state index in [0.29, 0.717) is 63.5 Å². The second kappa shape index (κ2) is 48.8. The summed E-state index contributed by atoms with van der Waals surface area (Å²) in [5, 5.41) is 55.3. The number of carbonyl (C=O) groups is 16. The Labute approximate surface area is 771 Å². The van der Waals surface area contributed by atoms with Gasteiger partial charge in [-0.1, -0.05) is 120 Å². The van der Waals surface area contributed by atoms with Gasteiger partial charge in [-0.05, 0) is 121 Å². The summed E-state index contributed by atoms with van der Waals surface area (Å²) < 4.78 is 50.9. The number of thioether (sulfide) groups is 1. The zero-order chi connectivity index (χ0) is 97.2. The van der Waals surface area contributed by atoms with Gasteiger partial charge in [0.1, 0.15) is 90.0 Å². The molecule has 13 atom stereocenters. The molecule has 6 aromatic rings. The van der Waals surface area contributed by atoms with Crippen LogP contribution in [0.15, 0.2) is 121 Å². The summed E-state index contributed by atoms with van der Waals surface area (Å²) in [4.78, 5) is 246. The van der Waals surface area contributed by atoms with Crippen LogP contribution in [0.5, 0.6) is 11.5 Å². The van der Waals surface area contributed by atoms with Gasteiger partial charge in [0.05, 0.1) is 31.9 Å². The Balaban J connectivity index is 1.13. The minimum absolute atomic E-state index is 0.0590. The monoisotopic (exact) mass is 1870 g/mol. The maximum atomic E-state index is 15.7. The average Bonchev–Trinajstić information content (AvgIpc) is 1.78. The number of nitrogens with two attached hydrogens (primary N) is 2. The lowest BCUT2D eigenvalue weighted by molar-refractivity contribution is -0.152. The lowest BCUT2D eigenvalue weighted by Crippen LogP contribution is -2.64. The van der Waals surface area contributed by atoms with E-state index in [2.05, 4.69) is 52.8 Å². The summed E-state index contributed by atoms with van der Waals surface area (Å²) >= 11 is 0.656. The van der Waals surface area contributed by atoms with Crippen LogP contribution in [-0.2, 0) is 114 Å². The molecule has 133 heavy (non-hydrogen) atoms. The van der Waals surface area contributed by atoms with Crippen molar-refractivity contribution in [3.05, 3.63) is 167 Å². The van der Waals surface area contributed by atoms with Gasteiger partial charge in [-0.3, -0.25) is 76.7 Å². The average molecular weight is 1870 g/mol. The van der Waals surface area contributed by atoms with E-state index in [0.717, 1.165) is 31.5 Å². The number of rotatable bonds is 23. The number of para-hydroxylation sites is 1. The largest absolute Gasteiger partial charge is 0.508 e. The van der Waals surface area contributed by atoms with Gasteiger partial charge >= 0.3 is 5.97 Å². The Morgan fingerprint density at radius 3 is 1.71 bits per heavy atom. The second-order valence-corrected chi connectivity index (χ2v) is 35.2. The number of carboxylic acids is 1. The van der Waals surface area contributed by atoms with Crippen molar-refractivity contribution in [2.75, 3.05) is 72.0 Å². The predicted octanol–water partition coefficient (Wildman–Crippen LogP) is 1.15. The van der Waals surface area contributed by atoms with Gasteiger partial charge in [-0.15, -0.1) is 11.8 Å². The molecule has 3 fully saturated rings. The first-order valence-corrected chi connectivity index (χ1v) is 45.2. The number of hydrogen-bond donors (Lipinski definition) is 15. The number of hydrogen-bond acceptors (Lipinski definition) is 21. The molecule has 718 valence electrons. The Kier molecular flexibility index (Phi) is 38.0. The van der Waals surface area contributed by atoms with Crippen molar-refractivity contribution < 1.29 is 110 Å². The molecule has 0 bridgehead atoms. The third-order valence-electron chi connectivity index (χ3n) is 23.4. The van der Waals surface area contributed by atoms with E-state index in [1.54, 1.807) is 95.4 Å². The SMILES string of the molecule is CCCC[C@H]1C(=O)N2CCC[C@@H]2C(=O)N[C@@H](CC(=O)O)C(=O)N[C@@H](C(C)C)C(=O)N(C)[C@@H](Cc2ccccc2)C(=O)N[C@@H](CCN)C(=O)N2CCOC[C@@H]2C(=O)N[C@@H](Cc2c[nH]c3ccccc23)C(=O)N[C@@H](Cc2ccc(O)cc2)C(=O)N[C@@H](CC(C)C)C(=O)N[C@H](C(=O)NCC(N)=O)CSCC(=O)N[C@@H](Cc2cc(F)c(F)c(F)c2)C(=O)N(C)[C@@H](Cc2ccc(O)cc2)C(=O)N1C. The number of phenols is 2. The van der Waals surface area contributed by atoms with E-state index in [-0.39, 0.29) is 101 Å². The number of aromatic hydroxyl groups is 2. The number of morpholine rings is 1. The quantitative estimate of drug-likeness (QED) is 0.0400. The number of benzene rings is 5. The zero-order valence-corrected chi connectivity index (χ0v) is 76.1. The Bertz CT molecular complexity index is 5150. The fourth-order valence-electron chi connectivity index (χ4n) is 16.2. The third kappa shape index (κ3) is 28.7. The van der Waals surface area contributed by atoms with E-state index in [1.807, 2.05) is 0 Å². The molecule has 5 aromatic carbocycles. The molecule has 1 aromatic heterocycles. The first kappa shape index (κ1) is 104. The van der Waals surface area contributed by atoms with Crippen molar-refractivity contribution in [1.29, 1.82) is 0 Å². The first-order valence-electron chi connectivity index (χ1n) is 44.0. The fourth-order valence-corrected chi connectivity index (χ4v) is 17.0. The zero-order valence-electron chi connectivity index (χ0n) is 75.3. The number of likely N-dealkylation sites (N-methyl/N-ethyl adjacent to an activating group) is 3. The molecule has 0 aliphatic carbocycles. The number of fused-ring (bicyclic) bond motifs is 3. The van der Waals surface area contributed by atoms with Crippen molar-refractivity contribution >= 4 is 117 Å².